The molecule has 0 spiro atoms. The molecule has 5 heteroatoms. The van der Waals surface area contributed by atoms with Crippen LogP contribution in [0.1, 0.15) is 19.8 Å². The second-order valence-electron chi connectivity index (χ2n) is 2.78. The summed E-state index contributed by atoms with van der Waals surface area (Å²) in [6.45, 7) is 2.69. The summed E-state index contributed by atoms with van der Waals surface area (Å²) < 4.78 is 1.89. The van der Waals surface area contributed by atoms with Crippen LogP contribution in [0.5, 0.6) is 0 Å². The van der Waals surface area contributed by atoms with E-state index < -0.39 is 0 Å². The van der Waals surface area contributed by atoms with Gasteiger partial charge in [0.05, 0.1) is 4.47 Å². The number of nitrogens with one attached hydrogen (secondary N) is 1. The molecular formula is C8H11BrN2O2. The zero-order chi connectivity index (χ0) is 9.84. The van der Waals surface area contributed by atoms with Gasteiger partial charge in [-0.1, -0.05) is 13.3 Å². The molecule has 0 fully saturated rings. The van der Waals surface area contributed by atoms with Crippen molar-refractivity contribution in [2.45, 2.75) is 26.3 Å². The minimum Gasteiger partial charge on any atom is -0.299 e. The number of aromatic amines is 1. The summed E-state index contributed by atoms with van der Waals surface area (Å²) in [6, 6.07) is 0. The molecule has 1 rings (SSSR count). The van der Waals surface area contributed by atoms with Gasteiger partial charge in [0.25, 0.3) is 5.56 Å². The predicted octanol–water partition coefficient (Wildman–Crippen LogP) is 1.10. The fourth-order valence-electron chi connectivity index (χ4n) is 0.977. The Balaban J connectivity index is 3.02. The Morgan fingerprint density at radius 2 is 2.23 bits per heavy atom. The molecule has 0 aliphatic rings. The maximum Gasteiger partial charge on any atom is 0.328 e. The summed E-state index contributed by atoms with van der Waals surface area (Å²) >= 11 is 3.07. The van der Waals surface area contributed by atoms with Crippen LogP contribution in [0.25, 0.3) is 0 Å². The summed E-state index contributed by atoms with van der Waals surface area (Å²) in [5.41, 5.74) is -0.723. The number of halogens is 1. The SMILES string of the molecule is CCCCn1cc(Br)c(=O)[nH]c1=O. The Labute approximate surface area is 83.7 Å². The fourth-order valence-corrected chi connectivity index (χ4v) is 1.32. The third-order valence-corrected chi connectivity index (χ3v) is 2.28. The van der Waals surface area contributed by atoms with E-state index in [9.17, 15) is 9.59 Å². The van der Waals surface area contributed by atoms with Crippen LogP contribution in [0.2, 0.25) is 0 Å². The lowest BCUT2D eigenvalue weighted by atomic mass is 10.3. The molecule has 1 heterocycles. The first kappa shape index (κ1) is 10.2. The number of unbranched alkanes of at least 4 members (excludes halogenated alkanes) is 1. The standard InChI is InChI=1S/C8H11BrN2O2/c1-2-3-4-11-5-6(9)7(12)10-8(11)13/h5H,2-4H2,1H3,(H,10,12,13). The molecule has 72 valence electrons. The first-order valence-corrected chi connectivity index (χ1v) is 4.93. The quantitative estimate of drug-likeness (QED) is 0.869. The lowest BCUT2D eigenvalue weighted by Crippen LogP contribution is -2.29. The lowest BCUT2D eigenvalue weighted by Gasteiger charge is -2.02. The van der Waals surface area contributed by atoms with Gasteiger partial charge in [0.1, 0.15) is 0 Å². The monoisotopic (exact) mass is 246 g/mol. The Hall–Kier alpha value is -0.840. The summed E-state index contributed by atoms with van der Waals surface area (Å²) in [5, 5.41) is 0. The van der Waals surface area contributed by atoms with E-state index in [-0.39, 0.29) is 11.2 Å². The molecule has 13 heavy (non-hydrogen) atoms. The van der Waals surface area contributed by atoms with Gasteiger partial charge in [-0.15, -0.1) is 0 Å². The van der Waals surface area contributed by atoms with E-state index in [2.05, 4.69) is 20.9 Å². The molecule has 0 saturated heterocycles. The van der Waals surface area contributed by atoms with E-state index in [1.807, 2.05) is 6.92 Å². The summed E-state index contributed by atoms with van der Waals surface area (Å²) in [6.07, 6.45) is 3.47. The molecule has 0 atom stereocenters. The van der Waals surface area contributed by atoms with E-state index in [0.717, 1.165) is 12.8 Å². The van der Waals surface area contributed by atoms with Gasteiger partial charge in [-0.25, -0.2) is 4.79 Å². The zero-order valence-electron chi connectivity index (χ0n) is 7.34. The van der Waals surface area contributed by atoms with Gasteiger partial charge in [0, 0.05) is 12.7 Å². The summed E-state index contributed by atoms with van der Waals surface area (Å²) in [7, 11) is 0. The van der Waals surface area contributed by atoms with Gasteiger partial charge in [0.15, 0.2) is 0 Å². The van der Waals surface area contributed by atoms with Crippen molar-refractivity contribution in [1.82, 2.24) is 9.55 Å². The van der Waals surface area contributed by atoms with Crippen molar-refractivity contribution in [3.05, 3.63) is 31.5 Å². The normalized spacial score (nSPS) is 10.3. The maximum atomic E-state index is 11.2. The highest BCUT2D eigenvalue weighted by molar-refractivity contribution is 9.10. The van der Waals surface area contributed by atoms with Gasteiger partial charge in [-0.05, 0) is 22.4 Å². The largest absolute Gasteiger partial charge is 0.328 e. The minimum atomic E-state index is -0.377. The predicted molar refractivity (Wildman–Crippen MR) is 53.9 cm³/mol. The summed E-state index contributed by atoms with van der Waals surface area (Å²) in [5.74, 6) is 0. The Kier molecular flexibility index (Phi) is 3.48. The van der Waals surface area contributed by atoms with Crippen molar-refractivity contribution < 1.29 is 0 Å². The van der Waals surface area contributed by atoms with Crippen molar-refractivity contribution in [2.24, 2.45) is 0 Å². The molecule has 1 N–H and O–H groups in total. The van der Waals surface area contributed by atoms with Crippen LogP contribution >= 0.6 is 15.9 Å². The number of nitrogens with zero attached hydrogens (tertiary/aromatic N) is 1. The highest BCUT2D eigenvalue weighted by Gasteiger charge is 2.00. The number of rotatable bonds is 3. The fraction of sp³-hybridized carbons (Fsp3) is 0.500. The molecule has 0 aliphatic carbocycles. The van der Waals surface area contributed by atoms with E-state index in [1.165, 1.54) is 10.8 Å². The summed E-state index contributed by atoms with van der Waals surface area (Å²) in [4.78, 5) is 24.4. The molecule has 0 unspecified atom stereocenters. The molecule has 0 amide bonds. The first-order chi connectivity index (χ1) is 6.15. The first-order valence-electron chi connectivity index (χ1n) is 4.14. The Morgan fingerprint density at radius 3 is 2.85 bits per heavy atom. The number of H-pyrrole nitrogens is 1. The van der Waals surface area contributed by atoms with Gasteiger partial charge in [-0.3, -0.25) is 14.3 Å². The van der Waals surface area contributed by atoms with Crippen molar-refractivity contribution in [3.8, 4) is 0 Å². The van der Waals surface area contributed by atoms with Crippen molar-refractivity contribution in [1.29, 1.82) is 0 Å². The Bertz CT molecular complexity index is 394. The molecule has 0 saturated carbocycles. The highest BCUT2D eigenvalue weighted by atomic mass is 79.9. The molecule has 0 aliphatic heterocycles. The van der Waals surface area contributed by atoms with Gasteiger partial charge in [-0.2, -0.15) is 0 Å². The van der Waals surface area contributed by atoms with E-state index in [0.29, 0.717) is 11.0 Å². The smallest absolute Gasteiger partial charge is 0.299 e. The van der Waals surface area contributed by atoms with Crippen LogP contribution in [-0.2, 0) is 6.54 Å². The third-order valence-electron chi connectivity index (χ3n) is 1.72. The number of hydrogen-bond acceptors (Lipinski definition) is 2. The second-order valence-corrected chi connectivity index (χ2v) is 3.64. The molecule has 1 aromatic rings. The van der Waals surface area contributed by atoms with Crippen molar-refractivity contribution in [2.75, 3.05) is 0 Å². The number of aromatic nitrogens is 2. The maximum absolute atomic E-state index is 11.2. The van der Waals surface area contributed by atoms with Crippen molar-refractivity contribution in [3.63, 3.8) is 0 Å². The van der Waals surface area contributed by atoms with Gasteiger partial charge >= 0.3 is 5.69 Å². The number of hydrogen-bond donors (Lipinski definition) is 1. The lowest BCUT2D eigenvalue weighted by molar-refractivity contribution is 0.594. The van der Waals surface area contributed by atoms with Crippen LogP contribution in [0.3, 0.4) is 0 Å². The third kappa shape index (κ3) is 2.55. The zero-order valence-corrected chi connectivity index (χ0v) is 8.93. The van der Waals surface area contributed by atoms with Crippen LogP contribution in [0, 0.1) is 0 Å². The van der Waals surface area contributed by atoms with Crippen LogP contribution in [-0.4, -0.2) is 9.55 Å². The molecule has 1 aromatic heterocycles. The molecule has 4 nitrogen and oxygen atoms in total. The van der Waals surface area contributed by atoms with Crippen LogP contribution < -0.4 is 11.2 Å². The van der Waals surface area contributed by atoms with E-state index in [1.54, 1.807) is 0 Å². The van der Waals surface area contributed by atoms with Crippen LogP contribution in [0.15, 0.2) is 20.3 Å². The van der Waals surface area contributed by atoms with Crippen molar-refractivity contribution >= 4 is 15.9 Å². The minimum absolute atomic E-state index is 0.346. The Morgan fingerprint density at radius 1 is 1.54 bits per heavy atom. The van der Waals surface area contributed by atoms with Gasteiger partial charge < -0.3 is 0 Å². The molecule has 0 aromatic carbocycles. The van der Waals surface area contributed by atoms with E-state index in [4.69, 9.17) is 0 Å². The van der Waals surface area contributed by atoms with Gasteiger partial charge in [0.2, 0.25) is 0 Å². The van der Waals surface area contributed by atoms with Crippen LogP contribution in [0.4, 0.5) is 0 Å². The molecular weight excluding hydrogens is 236 g/mol. The van der Waals surface area contributed by atoms with E-state index >= 15 is 0 Å². The second kappa shape index (κ2) is 4.41. The number of aryl methyl sites for hydroxylation is 1. The average Bonchev–Trinajstić information content (AvgIpc) is 2.09. The average molecular weight is 247 g/mol. The molecule has 0 bridgehead atoms. The topological polar surface area (TPSA) is 54.9 Å². The highest BCUT2D eigenvalue weighted by Crippen LogP contribution is 1.99. The molecule has 0 radical (unpaired) electrons.